The third kappa shape index (κ3) is 3.80. The SMILES string of the molecule is C=C(C)C/C(=C\C=NC)c1sc(C(=O)OC)c(O)c1Br. The number of nitrogens with zero attached hydrogens (tertiary/aromatic N) is 1. The maximum atomic E-state index is 11.6. The summed E-state index contributed by atoms with van der Waals surface area (Å²) in [4.78, 5) is 16.5. The third-order valence-electron chi connectivity index (χ3n) is 2.41. The summed E-state index contributed by atoms with van der Waals surface area (Å²) < 4.78 is 5.14. The van der Waals surface area contributed by atoms with E-state index in [-0.39, 0.29) is 10.6 Å². The molecule has 0 atom stereocenters. The van der Waals surface area contributed by atoms with Crippen LogP contribution in [0.3, 0.4) is 0 Å². The lowest BCUT2D eigenvalue weighted by molar-refractivity contribution is 0.0603. The Morgan fingerprint density at radius 2 is 2.20 bits per heavy atom. The normalized spacial score (nSPS) is 11.9. The summed E-state index contributed by atoms with van der Waals surface area (Å²) in [5, 5.41) is 10.0. The number of hydrogen-bond donors (Lipinski definition) is 1. The van der Waals surface area contributed by atoms with Crippen molar-refractivity contribution in [1.82, 2.24) is 0 Å². The minimum absolute atomic E-state index is 0.0992. The highest BCUT2D eigenvalue weighted by molar-refractivity contribution is 9.10. The van der Waals surface area contributed by atoms with Gasteiger partial charge >= 0.3 is 5.97 Å². The van der Waals surface area contributed by atoms with Crippen molar-refractivity contribution in [1.29, 1.82) is 0 Å². The maximum Gasteiger partial charge on any atom is 0.351 e. The van der Waals surface area contributed by atoms with Gasteiger partial charge in [0, 0.05) is 18.1 Å². The van der Waals surface area contributed by atoms with Crippen molar-refractivity contribution in [3.8, 4) is 5.75 Å². The molecule has 0 unspecified atom stereocenters. The third-order valence-corrected chi connectivity index (χ3v) is 4.68. The van der Waals surface area contributed by atoms with Crippen molar-refractivity contribution in [2.45, 2.75) is 13.3 Å². The zero-order chi connectivity index (χ0) is 15.3. The highest BCUT2D eigenvalue weighted by Crippen LogP contribution is 2.43. The second-order valence-electron chi connectivity index (χ2n) is 4.15. The predicted molar refractivity (Wildman–Crippen MR) is 86.8 cm³/mol. The van der Waals surface area contributed by atoms with Gasteiger partial charge in [-0.1, -0.05) is 12.2 Å². The van der Waals surface area contributed by atoms with E-state index in [9.17, 15) is 9.90 Å². The minimum atomic E-state index is -0.557. The average Bonchev–Trinajstić information content (AvgIpc) is 2.70. The number of aliphatic imine (C=N–C) groups is 1. The molecular weight excluding hydrogens is 342 g/mol. The van der Waals surface area contributed by atoms with Crippen molar-refractivity contribution in [2.75, 3.05) is 14.2 Å². The Balaban J connectivity index is 3.34. The smallest absolute Gasteiger partial charge is 0.351 e. The number of rotatable bonds is 5. The van der Waals surface area contributed by atoms with Crippen molar-refractivity contribution >= 4 is 45.0 Å². The van der Waals surface area contributed by atoms with Crippen LogP contribution in [-0.2, 0) is 4.74 Å². The number of hydrogen-bond acceptors (Lipinski definition) is 5. The molecule has 1 rings (SSSR count). The monoisotopic (exact) mass is 357 g/mol. The van der Waals surface area contributed by atoms with E-state index in [0.717, 1.165) is 16.0 Å². The first kappa shape index (κ1) is 16.7. The zero-order valence-corrected chi connectivity index (χ0v) is 14.0. The van der Waals surface area contributed by atoms with Gasteiger partial charge in [0.2, 0.25) is 0 Å². The van der Waals surface area contributed by atoms with Gasteiger partial charge in [-0.2, -0.15) is 0 Å². The summed E-state index contributed by atoms with van der Waals surface area (Å²) in [7, 11) is 2.96. The van der Waals surface area contributed by atoms with Crippen molar-refractivity contribution in [2.24, 2.45) is 4.99 Å². The van der Waals surface area contributed by atoms with Gasteiger partial charge in [-0.15, -0.1) is 11.3 Å². The lowest BCUT2D eigenvalue weighted by Crippen LogP contribution is -1.97. The Labute approximate surface area is 130 Å². The van der Waals surface area contributed by atoms with Gasteiger partial charge in [0.1, 0.15) is 0 Å². The lowest BCUT2D eigenvalue weighted by Gasteiger charge is -2.04. The van der Waals surface area contributed by atoms with Crippen LogP contribution < -0.4 is 0 Å². The van der Waals surface area contributed by atoms with Crippen molar-refractivity contribution in [3.63, 3.8) is 0 Å². The second kappa shape index (κ2) is 7.40. The van der Waals surface area contributed by atoms with Gasteiger partial charge in [-0.3, -0.25) is 4.99 Å². The number of ether oxygens (including phenoxy) is 1. The van der Waals surface area contributed by atoms with Crippen molar-refractivity contribution in [3.05, 3.63) is 32.5 Å². The van der Waals surface area contributed by atoms with E-state index in [1.165, 1.54) is 18.4 Å². The van der Waals surface area contributed by atoms with Gasteiger partial charge in [-0.25, -0.2) is 4.79 Å². The molecule has 0 aromatic carbocycles. The summed E-state index contributed by atoms with van der Waals surface area (Å²) >= 11 is 4.50. The topological polar surface area (TPSA) is 58.9 Å². The Morgan fingerprint density at radius 1 is 1.55 bits per heavy atom. The molecule has 0 radical (unpaired) electrons. The molecule has 4 nitrogen and oxygen atoms in total. The summed E-state index contributed by atoms with van der Waals surface area (Å²) in [6, 6.07) is 0. The molecule has 0 aliphatic heterocycles. The first-order chi connectivity index (χ1) is 9.42. The molecule has 0 aliphatic rings. The molecule has 0 saturated carbocycles. The Bertz CT molecular complexity index is 587. The number of thiophene rings is 1. The Hall–Kier alpha value is -1.40. The van der Waals surface area contributed by atoms with E-state index >= 15 is 0 Å². The molecule has 0 aliphatic carbocycles. The molecule has 6 heteroatoms. The lowest BCUT2D eigenvalue weighted by atomic mass is 10.1. The Morgan fingerprint density at radius 3 is 2.70 bits per heavy atom. The van der Waals surface area contributed by atoms with Crippen LogP contribution in [0.5, 0.6) is 5.75 Å². The van der Waals surface area contributed by atoms with Gasteiger partial charge in [0.15, 0.2) is 10.6 Å². The van der Waals surface area contributed by atoms with Crippen LogP contribution in [0.25, 0.3) is 5.57 Å². The molecule has 108 valence electrons. The molecule has 0 amide bonds. The molecule has 0 bridgehead atoms. The molecule has 1 N–H and O–H groups in total. The van der Waals surface area contributed by atoms with Crippen LogP contribution >= 0.6 is 27.3 Å². The summed E-state index contributed by atoms with van der Waals surface area (Å²) in [5.74, 6) is -0.656. The number of esters is 1. The largest absolute Gasteiger partial charge is 0.505 e. The van der Waals surface area contributed by atoms with E-state index in [0.29, 0.717) is 10.9 Å². The van der Waals surface area contributed by atoms with E-state index < -0.39 is 5.97 Å². The molecule has 1 aromatic heterocycles. The van der Waals surface area contributed by atoms with Crippen LogP contribution in [0.1, 0.15) is 27.9 Å². The predicted octanol–water partition coefficient (Wildman–Crippen LogP) is 4.05. The second-order valence-corrected chi connectivity index (χ2v) is 5.96. The fourth-order valence-electron chi connectivity index (χ4n) is 1.54. The van der Waals surface area contributed by atoms with E-state index in [2.05, 4.69) is 32.2 Å². The number of aromatic hydroxyl groups is 1. The first-order valence-electron chi connectivity index (χ1n) is 5.78. The summed E-state index contributed by atoms with van der Waals surface area (Å²) in [6.45, 7) is 5.80. The van der Waals surface area contributed by atoms with E-state index in [1.807, 2.05) is 13.0 Å². The van der Waals surface area contributed by atoms with Gasteiger partial charge in [-0.05, 0) is 40.9 Å². The molecule has 1 heterocycles. The van der Waals surface area contributed by atoms with Crippen LogP contribution in [0, 0.1) is 0 Å². The van der Waals surface area contributed by atoms with Crippen LogP contribution in [0.15, 0.2) is 27.7 Å². The Kier molecular flexibility index (Phi) is 6.16. The molecule has 0 fully saturated rings. The maximum absolute atomic E-state index is 11.6. The fourth-order valence-corrected chi connectivity index (χ4v) is 3.40. The molecule has 20 heavy (non-hydrogen) atoms. The van der Waals surface area contributed by atoms with Crippen LogP contribution in [0.4, 0.5) is 0 Å². The first-order valence-corrected chi connectivity index (χ1v) is 7.38. The molecule has 0 saturated heterocycles. The number of allylic oxidation sites excluding steroid dienone is 3. The zero-order valence-electron chi connectivity index (χ0n) is 11.6. The quantitative estimate of drug-likeness (QED) is 0.491. The number of halogens is 1. The average molecular weight is 358 g/mol. The number of carbonyl (C=O) groups is 1. The summed E-state index contributed by atoms with van der Waals surface area (Å²) in [5.41, 5.74) is 1.89. The highest BCUT2D eigenvalue weighted by Gasteiger charge is 2.23. The molecule has 1 aromatic rings. The van der Waals surface area contributed by atoms with E-state index in [1.54, 1.807) is 13.3 Å². The van der Waals surface area contributed by atoms with Crippen LogP contribution in [-0.4, -0.2) is 31.4 Å². The van der Waals surface area contributed by atoms with Crippen molar-refractivity contribution < 1.29 is 14.6 Å². The van der Waals surface area contributed by atoms with Gasteiger partial charge in [0.25, 0.3) is 0 Å². The fraction of sp³-hybridized carbons (Fsp3) is 0.286. The van der Waals surface area contributed by atoms with Gasteiger partial charge < -0.3 is 9.84 Å². The molecule has 0 spiro atoms. The molecular formula is C14H16BrNO3S. The van der Waals surface area contributed by atoms with E-state index in [4.69, 9.17) is 0 Å². The van der Waals surface area contributed by atoms with Crippen LogP contribution in [0.2, 0.25) is 0 Å². The standard InChI is InChI=1S/C14H16BrNO3S/c1-8(2)7-9(5-6-16-3)12-10(15)11(17)13(20-12)14(18)19-4/h5-6,17H,1,7H2,2-4H3/b9-5+,16-6?. The minimum Gasteiger partial charge on any atom is -0.505 e. The number of methoxy groups -OCH3 is 1. The van der Waals surface area contributed by atoms with Gasteiger partial charge in [0.05, 0.1) is 11.6 Å². The number of carbonyl (C=O) groups excluding carboxylic acids is 1. The highest BCUT2D eigenvalue weighted by atomic mass is 79.9. The summed E-state index contributed by atoms with van der Waals surface area (Å²) in [6.07, 6.45) is 4.14.